The molecule has 0 aliphatic carbocycles. The van der Waals surface area contributed by atoms with E-state index in [9.17, 15) is 19.5 Å². The van der Waals surface area contributed by atoms with Gasteiger partial charge in [0.25, 0.3) is 0 Å². The van der Waals surface area contributed by atoms with Crippen LogP contribution in [0, 0.1) is 11.3 Å². The van der Waals surface area contributed by atoms with Crippen LogP contribution in [0.2, 0.25) is 0 Å². The van der Waals surface area contributed by atoms with Gasteiger partial charge in [0, 0.05) is 11.3 Å². The molecule has 5 heterocycles. The van der Waals surface area contributed by atoms with Crippen LogP contribution in [-0.4, -0.2) is 58.3 Å². The molecule has 2 amide bonds. The van der Waals surface area contributed by atoms with Crippen molar-refractivity contribution < 1.29 is 37.8 Å². The van der Waals surface area contributed by atoms with Crippen LogP contribution in [0.4, 0.5) is 5.69 Å². The summed E-state index contributed by atoms with van der Waals surface area (Å²) in [7, 11) is 1.26. The number of aliphatic hydroxyl groups is 1. The van der Waals surface area contributed by atoms with E-state index in [0.29, 0.717) is 17.9 Å². The summed E-state index contributed by atoms with van der Waals surface area (Å²) in [6.45, 7) is 9.27. The van der Waals surface area contributed by atoms with Gasteiger partial charge in [0.1, 0.15) is 35.6 Å². The van der Waals surface area contributed by atoms with E-state index in [4.69, 9.17) is 23.3 Å². The monoisotopic (exact) mass is 669 g/mol. The number of rotatable bonds is 5. The Morgan fingerprint density at radius 1 is 1.10 bits per heavy atom. The normalized spacial score (nSPS) is 23.1. The van der Waals surface area contributed by atoms with Crippen LogP contribution in [0.15, 0.2) is 57.6 Å². The first-order chi connectivity index (χ1) is 23.3. The Morgan fingerprint density at radius 2 is 1.88 bits per heavy atom. The van der Waals surface area contributed by atoms with Crippen molar-refractivity contribution in [3.63, 3.8) is 0 Å². The lowest BCUT2D eigenvalue weighted by atomic mass is 9.72. The smallest absolute Gasteiger partial charge is 0.360 e. The number of ether oxygens (including phenoxy) is 2. The van der Waals surface area contributed by atoms with Gasteiger partial charge in [-0.3, -0.25) is 9.59 Å². The quantitative estimate of drug-likeness (QED) is 0.223. The number of aromatic nitrogens is 2. The minimum absolute atomic E-state index is 0.0198. The molecule has 3 aliphatic rings. The van der Waals surface area contributed by atoms with Crippen LogP contribution in [0.5, 0.6) is 5.75 Å². The Labute approximate surface area is 282 Å². The summed E-state index contributed by atoms with van der Waals surface area (Å²) >= 11 is 0. The number of fused-ring (bicyclic) bond motifs is 4. The molecule has 0 saturated heterocycles. The minimum Gasteiger partial charge on any atom is -0.469 e. The highest BCUT2D eigenvalue weighted by molar-refractivity contribution is 5.90. The summed E-state index contributed by atoms with van der Waals surface area (Å²) in [4.78, 5) is 49.0. The van der Waals surface area contributed by atoms with Crippen LogP contribution >= 0.6 is 0 Å². The molecule has 0 radical (unpaired) electrons. The summed E-state index contributed by atoms with van der Waals surface area (Å²) < 4.78 is 24.2. The van der Waals surface area contributed by atoms with Gasteiger partial charge in [-0.2, -0.15) is 0 Å². The number of esters is 1. The van der Waals surface area contributed by atoms with Crippen molar-refractivity contribution >= 4 is 23.5 Å². The van der Waals surface area contributed by atoms with E-state index in [1.165, 1.54) is 13.4 Å². The number of oxazole rings is 2. The molecule has 4 bridgehead atoms. The number of methoxy groups -OCH3 is 1. The topological polar surface area (TPSA) is 178 Å². The molecule has 0 saturated carbocycles. The van der Waals surface area contributed by atoms with Crippen molar-refractivity contribution in [2.24, 2.45) is 11.3 Å². The summed E-state index contributed by atoms with van der Waals surface area (Å²) in [5.41, 5.74) is 1.85. The van der Waals surface area contributed by atoms with E-state index in [1.807, 2.05) is 63.2 Å². The number of hydrogen-bond acceptors (Lipinski definition) is 11. The van der Waals surface area contributed by atoms with Crippen molar-refractivity contribution in [1.29, 1.82) is 0 Å². The number of anilines is 1. The first kappa shape index (κ1) is 32.4. The summed E-state index contributed by atoms with van der Waals surface area (Å²) in [5, 5.41) is 19.9. The van der Waals surface area contributed by atoms with Gasteiger partial charge in [0.15, 0.2) is 23.4 Å². The molecule has 2 aromatic carbocycles. The molecule has 7 rings (SSSR count). The van der Waals surface area contributed by atoms with E-state index in [2.05, 4.69) is 20.9 Å². The Bertz CT molecular complexity index is 1960. The van der Waals surface area contributed by atoms with Gasteiger partial charge in [-0.15, -0.1) is 0 Å². The molecule has 49 heavy (non-hydrogen) atoms. The predicted octanol–water partition coefficient (Wildman–Crippen LogP) is 4.25. The second kappa shape index (κ2) is 11.8. The highest BCUT2D eigenvalue weighted by Gasteiger charge is 2.61. The largest absolute Gasteiger partial charge is 0.469 e. The molecular weight excluding hydrogens is 630 g/mol. The highest BCUT2D eigenvalue weighted by Crippen LogP contribution is 2.59. The Morgan fingerprint density at radius 3 is 2.61 bits per heavy atom. The maximum Gasteiger partial charge on any atom is 0.360 e. The number of amides is 2. The molecule has 3 aliphatic heterocycles. The number of hydrogen-bond donors (Lipinski definition) is 4. The van der Waals surface area contributed by atoms with Gasteiger partial charge in [-0.25, -0.2) is 14.8 Å². The van der Waals surface area contributed by atoms with Crippen molar-refractivity contribution in [3.05, 3.63) is 82.8 Å². The lowest BCUT2D eigenvalue weighted by Gasteiger charge is -2.31. The highest BCUT2D eigenvalue weighted by atomic mass is 16.5. The first-order valence-electron chi connectivity index (χ1n) is 16.3. The molecule has 13 heteroatoms. The van der Waals surface area contributed by atoms with E-state index >= 15 is 0 Å². The number of nitrogens with one attached hydrogen (secondary N) is 3. The van der Waals surface area contributed by atoms with Gasteiger partial charge in [-0.1, -0.05) is 65.0 Å². The zero-order valence-electron chi connectivity index (χ0n) is 28.1. The fraction of sp³-hybridized carbons (Fsp3) is 0.417. The third kappa shape index (κ3) is 5.23. The molecule has 0 fully saturated rings. The summed E-state index contributed by atoms with van der Waals surface area (Å²) in [5.74, 6) is -0.944. The van der Waals surface area contributed by atoms with Crippen LogP contribution < -0.4 is 20.7 Å². The number of carbonyl (C=O) groups is 3. The minimum atomic E-state index is -1.29. The summed E-state index contributed by atoms with van der Waals surface area (Å²) in [6, 6.07) is 11.9. The van der Waals surface area contributed by atoms with Gasteiger partial charge in [-0.05, 0) is 47.4 Å². The number of para-hydroxylation sites is 1. The third-order valence-electron chi connectivity index (χ3n) is 9.50. The molecule has 13 nitrogen and oxygen atoms in total. The van der Waals surface area contributed by atoms with E-state index < -0.39 is 53.0 Å². The number of carbonyl (C=O) groups excluding carboxylic acids is 3. The van der Waals surface area contributed by atoms with Crippen molar-refractivity contribution in [1.82, 2.24) is 20.6 Å². The van der Waals surface area contributed by atoms with Gasteiger partial charge in [0.2, 0.25) is 23.6 Å². The van der Waals surface area contributed by atoms with E-state index in [1.54, 1.807) is 13.8 Å². The molecule has 5 atom stereocenters. The second-order valence-electron chi connectivity index (χ2n) is 14.2. The maximum absolute atomic E-state index is 14.1. The maximum atomic E-state index is 14.1. The molecule has 3 unspecified atom stereocenters. The zero-order valence-corrected chi connectivity index (χ0v) is 28.1. The number of aliphatic hydroxyl groups excluding tert-OH is 1. The molecule has 1 spiro atoms. The van der Waals surface area contributed by atoms with E-state index in [-0.39, 0.29) is 35.5 Å². The zero-order chi connectivity index (χ0) is 34.8. The van der Waals surface area contributed by atoms with Crippen molar-refractivity contribution in [3.8, 4) is 17.3 Å². The van der Waals surface area contributed by atoms with Gasteiger partial charge < -0.3 is 39.4 Å². The van der Waals surface area contributed by atoms with Crippen LogP contribution in [-0.2, 0) is 26.2 Å². The lowest BCUT2D eigenvalue weighted by molar-refractivity contribution is -0.136. The fourth-order valence-corrected chi connectivity index (χ4v) is 6.87. The molecule has 2 aromatic heterocycles. The Hall–Kier alpha value is -5.17. The van der Waals surface area contributed by atoms with E-state index in [0.717, 1.165) is 22.4 Å². The van der Waals surface area contributed by atoms with Crippen LogP contribution in [0.1, 0.15) is 85.9 Å². The average Bonchev–Trinajstić information content (AvgIpc) is 3.84. The average molecular weight is 670 g/mol. The molecule has 4 N–H and O–H groups in total. The molecular formula is C36H39N5O8. The third-order valence-corrected chi connectivity index (χ3v) is 9.50. The SMILES string of the molecule is COC(=O)c1coc(-c2nc3oc2C24c5ccccc5NC2Oc2ccc(cc24)CC[C@H](NC(=O)[C@@H](O)C(C)C)C(=O)NC3C(C)(C)C)n1. The Balaban J connectivity index is 1.47. The van der Waals surface area contributed by atoms with Gasteiger partial charge >= 0.3 is 5.97 Å². The lowest BCUT2D eigenvalue weighted by Crippen LogP contribution is -2.52. The Kier molecular flexibility index (Phi) is 7.77. The number of benzene rings is 2. The molecule has 256 valence electrons. The standard InChI is InChI=1S/C36H39N5O8/c1-17(2)26(42)30(44)37-22-13-11-18-12-14-24-20(15-18)36(19-9-7-8-10-21(19)39-34(36)48-24)28-25(31-38-23(16-47-31)33(45)46-6)40-32(49-28)27(35(3,4)5)41-29(22)43/h7-10,12,14-17,22,26-27,34,39,42H,11,13H2,1-6H3,(H,37,44)(H,41,43)/t22-,26-,27?,34?,36?/m0/s1. The number of aryl methyl sites for hydroxylation is 1. The van der Waals surface area contributed by atoms with Gasteiger partial charge in [0.05, 0.1) is 7.11 Å². The molecule has 4 aromatic rings. The second-order valence-corrected chi connectivity index (χ2v) is 14.2. The van der Waals surface area contributed by atoms with Crippen LogP contribution in [0.25, 0.3) is 11.6 Å². The number of nitrogens with zero attached hydrogens (tertiary/aromatic N) is 2. The predicted molar refractivity (Wildman–Crippen MR) is 176 cm³/mol. The van der Waals surface area contributed by atoms with Crippen LogP contribution in [0.3, 0.4) is 0 Å². The van der Waals surface area contributed by atoms with Crippen molar-refractivity contribution in [2.45, 2.75) is 77.3 Å². The summed E-state index contributed by atoms with van der Waals surface area (Å²) in [6.07, 6.45) is -0.0468. The van der Waals surface area contributed by atoms with Crippen molar-refractivity contribution in [2.75, 3.05) is 12.4 Å². The first-order valence-corrected chi connectivity index (χ1v) is 16.3. The fourth-order valence-electron chi connectivity index (χ4n) is 6.87.